The second-order valence-electron chi connectivity index (χ2n) is 5.97. The first-order chi connectivity index (χ1) is 12.4. The minimum atomic E-state index is -3.92. The number of hydrogen-bond donors (Lipinski definition) is 1. The largest absolute Gasteiger partial charge is 0.484 e. The Kier molecular flexibility index (Phi) is 5.41. The summed E-state index contributed by atoms with van der Waals surface area (Å²) in [5.41, 5.74) is 0.264. The standard InChI is InChI=1S/C18H19FN2O4S/c19-14-5-3-8-17(11-14)26(23,24)20-15-6-4-7-16(12-15)25-13-18(22)21-9-1-2-10-21/h3-8,11-12,20H,1-2,9-10,13H2. The number of rotatable bonds is 6. The van der Waals surface area contributed by atoms with Crippen LogP contribution in [0, 0.1) is 5.82 Å². The van der Waals surface area contributed by atoms with Gasteiger partial charge in [-0.3, -0.25) is 9.52 Å². The van der Waals surface area contributed by atoms with Crippen molar-refractivity contribution in [3.63, 3.8) is 0 Å². The number of nitrogens with zero attached hydrogens (tertiary/aromatic N) is 1. The zero-order valence-electron chi connectivity index (χ0n) is 14.0. The van der Waals surface area contributed by atoms with Crippen LogP contribution in [0.1, 0.15) is 12.8 Å². The third kappa shape index (κ3) is 4.51. The third-order valence-electron chi connectivity index (χ3n) is 4.01. The molecule has 6 nitrogen and oxygen atoms in total. The maximum atomic E-state index is 13.3. The van der Waals surface area contributed by atoms with Crippen LogP contribution in [0.5, 0.6) is 5.75 Å². The molecule has 8 heteroatoms. The summed E-state index contributed by atoms with van der Waals surface area (Å²) in [6.45, 7) is 1.39. The second-order valence-corrected chi connectivity index (χ2v) is 7.65. The lowest BCUT2D eigenvalue weighted by molar-refractivity contribution is -0.132. The molecule has 1 aliphatic rings. The zero-order valence-corrected chi connectivity index (χ0v) is 14.8. The Hall–Kier alpha value is -2.61. The summed E-state index contributed by atoms with van der Waals surface area (Å²) in [5.74, 6) is -0.351. The molecule has 1 aliphatic heterocycles. The van der Waals surface area contributed by atoms with E-state index < -0.39 is 15.8 Å². The van der Waals surface area contributed by atoms with Crippen molar-refractivity contribution in [3.8, 4) is 5.75 Å². The Morgan fingerprint density at radius 2 is 1.85 bits per heavy atom. The van der Waals surface area contributed by atoms with Crippen LogP contribution in [-0.4, -0.2) is 38.9 Å². The van der Waals surface area contributed by atoms with Crippen molar-refractivity contribution < 1.29 is 22.3 Å². The fourth-order valence-corrected chi connectivity index (χ4v) is 3.78. The van der Waals surface area contributed by atoms with E-state index in [1.165, 1.54) is 24.3 Å². The molecule has 0 saturated carbocycles. The predicted octanol–water partition coefficient (Wildman–Crippen LogP) is 2.63. The molecule has 1 heterocycles. The normalized spacial score (nSPS) is 14.3. The number of nitrogens with one attached hydrogen (secondary N) is 1. The number of ether oxygens (including phenoxy) is 1. The number of carbonyl (C=O) groups excluding carboxylic acids is 1. The van der Waals surface area contributed by atoms with Gasteiger partial charge in [0.15, 0.2) is 6.61 Å². The number of halogens is 1. The molecule has 0 aliphatic carbocycles. The van der Waals surface area contributed by atoms with Crippen molar-refractivity contribution >= 4 is 21.6 Å². The lowest BCUT2D eigenvalue weighted by Gasteiger charge is -2.16. The number of amides is 1. The van der Waals surface area contributed by atoms with Gasteiger partial charge in [-0.2, -0.15) is 0 Å². The van der Waals surface area contributed by atoms with Crippen molar-refractivity contribution in [2.45, 2.75) is 17.7 Å². The molecule has 0 aromatic heterocycles. The summed E-state index contributed by atoms with van der Waals surface area (Å²) in [6, 6.07) is 11.0. The van der Waals surface area contributed by atoms with Gasteiger partial charge in [0.2, 0.25) is 0 Å². The maximum absolute atomic E-state index is 13.3. The van der Waals surface area contributed by atoms with Gasteiger partial charge < -0.3 is 9.64 Å². The van der Waals surface area contributed by atoms with Gasteiger partial charge in [-0.05, 0) is 43.2 Å². The van der Waals surface area contributed by atoms with E-state index in [1.54, 1.807) is 23.1 Å². The molecule has 0 spiro atoms. The summed E-state index contributed by atoms with van der Waals surface area (Å²) in [5, 5.41) is 0. The van der Waals surface area contributed by atoms with Gasteiger partial charge in [0.25, 0.3) is 15.9 Å². The smallest absolute Gasteiger partial charge is 0.261 e. The first-order valence-corrected chi connectivity index (χ1v) is 9.71. The van der Waals surface area contributed by atoms with Crippen LogP contribution in [0.15, 0.2) is 53.4 Å². The molecular formula is C18H19FN2O4S. The molecule has 0 atom stereocenters. The van der Waals surface area contributed by atoms with E-state index in [4.69, 9.17) is 4.74 Å². The Balaban J connectivity index is 1.66. The van der Waals surface area contributed by atoms with Crippen LogP contribution < -0.4 is 9.46 Å². The van der Waals surface area contributed by atoms with Crippen LogP contribution in [0.25, 0.3) is 0 Å². The van der Waals surface area contributed by atoms with Crippen LogP contribution in [0.4, 0.5) is 10.1 Å². The minimum absolute atomic E-state index is 0.0896. The van der Waals surface area contributed by atoms with E-state index in [-0.39, 0.29) is 23.1 Å². The van der Waals surface area contributed by atoms with Crippen molar-refractivity contribution in [2.24, 2.45) is 0 Å². The Morgan fingerprint density at radius 3 is 2.58 bits per heavy atom. The third-order valence-corrected chi connectivity index (χ3v) is 5.39. The van der Waals surface area contributed by atoms with E-state index in [2.05, 4.69) is 4.72 Å². The van der Waals surface area contributed by atoms with Crippen molar-refractivity contribution in [1.29, 1.82) is 0 Å². The molecule has 3 rings (SSSR count). The highest BCUT2D eigenvalue weighted by molar-refractivity contribution is 7.92. The van der Waals surface area contributed by atoms with Crippen LogP contribution in [0.2, 0.25) is 0 Å². The van der Waals surface area contributed by atoms with Gasteiger partial charge in [-0.25, -0.2) is 12.8 Å². The molecule has 0 radical (unpaired) electrons. The van der Waals surface area contributed by atoms with Gasteiger partial charge in [-0.1, -0.05) is 12.1 Å². The van der Waals surface area contributed by atoms with Crippen molar-refractivity contribution in [1.82, 2.24) is 4.90 Å². The summed E-state index contributed by atoms with van der Waals surface area (Å²) in [7, 11) is -3.92. The highest BCUT2D eigenvalue weighted by Crippen LogP contribution is 2.21. The Morgan fingerprint density at radius 1 is 1.12 bits per heavy atom. The van der Waals surface area contributed by atoms with E-state index >= 15 is 0 Å². The number of carbonyl (C=O) groups is 1. The van der Waals surface area contributed by atoms with Crippen LogP contribution >= 0.6 is 0 Å². The summed E-state index contributed by atoms with van der Waals surface area (Å²) >= 11 is 0. The first kappa shape index (κ1) is 18.2. The highest BCUT2D eigenvalue weighted by atomic mass is 32.2. The van der Waals surface area contributed by atoms with Gasteiger partial charge in [0.05, 0.1) is 10.6 Å². The minimum Gasteiger partial charge on any atom is -0.484 e. The topological polar surface area (TPSA) is 75.7 Å². The molecule has 0 unspecified atom stereocenters. The monoisotopic (exact) mass is 378 g/mol. The lowest BCUT2D eigenvalue weighted by Crippen LogP contribution is -2.32. The van der Waals surface area contributed by atoms with E-state index in [0.717, 1.165) is 32.0 Å². The Bertz CT molecular complexity index is 896. The highest BCUT2D eigenvalue weighted by Gasteiger charge is 2.18. The van der Waals surface area contributed by atoms with Gasteiger partial charge >= 0.3 is 0 Å². The van der Waals surface area contributed by atoms with E-state index in [1.807, 2.05) is 0 Å². The molecule has 1 fully saturated rings. The Labute approximate surface area is 151 Å². The van der Waals surface area contributed by atoms with Gasteiger partial charge in [0.1, 0.15) is 11.6 Å². The summed E-state index contributed by atoms with van der Waals surface area (Å²) < 4.78 is 45.8. The van der Waals surface area contributed by atoms with Crippen molar-refractivity contribution in [2.75, 3.05) is 24.4 Å². The first-order valence-electron chi connectivity index (χ1n) is 8.23. The fraction of sp³-hybridized carbons (Fsp3) is 0.278. The molecule has 1 N–H and O–H groups in total. The molecule has 1 saturated heterocycles. The fourth-order valence-electron chi connectivity index (χ4n) is 2.70. The maximum Gasteiger partial charge on any atom is 0.261 e. The number of benzene rings is 2. The SMILES string of the molecule is O=C(COc1cccc(NS(=O)(=O)c2cccc(F)c2)c1)N1CCCC1. The predicted molar refractivity (Wildman–Crippen MR) is 95.0 cm³/mol. The second kappa shape index (κ2) is 7.74. The number of hydrogen-bond acceptors (Lipinski definition) is 4. The van der Waals surface area contributed by atoms with E-state index in [0.29, 0.717) is 5.75 Å². The van der Waals surface area contributed by atoms with Crippen LogP contribution in [-0.2, 0) is 14.8 Å². The molecule has 26 heavy (non-hydrogen) atoms. The lowest BCUT2D eigenvalue weighted by atomic mass is 10.3. The van der Waals surface area contributed by atoms with Crippen molar-refractivity contribution in [3.05, 3.63) is 54.3 Å². The van der Waals surface area contributed by atoms with Gasteiger partial charge in [-0.15, -0.1) is 0 Å². The molecule has 0 bridgehead atoms. The van der Waals surface area contributed by atoms with E-state index in [9.17, 15) is 17.6 Å². The average molecular weight is 378 g/mol. The molecule has 1 amide bonds. The average Bonchev–Trinajstić information content (AvgIpc) is 3.14. The molecule has 2 aromatic carbocycles. The number of sulfonamides is 1. The van der Waals surface area contributed by atoms with Crippen LogP contribution in [0.3, 0.4) is 0 Å². The zero-order chi connectivity index (χ0) is 18.6. The quantitative estimate of drug-likeness (QED) is 0.838. The summed E-state index contributed by atoms with van der Waals surface area (Å²) in [6.07, 6.45) is 2.01. The summed E-state index contributed by atoms with van der Waals surface area (Å²) in [4.78, 5) is 13.6. The number of likely N-dealkylation sites (tertiary alicyclic amines) is 1. The molecule has 2 aromatic rings. The molecular weight excluding hydrogens is 359 g/mol. The number of anilines is 1. The van der Waals surface area contributed by atoms with Gasteiger partial charge in [0, 0.05) is 19.2 Å². The molecule has 138 valence electrons.